The Labute approximate surface area is 137 Å². The number of carboxylic acid groups (broad SMARTS) is 1. The molecule has 1 amide bonds. The first-order valence-electron chi connectivity index (χ1n) is 8.05. The van der Waals surface area contributed by atoms with Gasteiger partial charge in [0.15, 0.2) is 5.58 Å². The number of nitrogens with one attached hydrogen (secondary N) is 1. The van der Waals surface area contributed by atoms with E-state index in [0.717, 1.165) is 37.1 Å². The zero-order chi connectivity index (χ0) is 16.7. The highest BCUT2D eigenvalue weighted by Gasteiger charge is 2.29. The van der Waals surface area contributed by atoms with Crippen molar-refractivity contribution in [1.82, 2.24) is 14.9 Å². The molecule has 1 fully saturated rings. The minimum atomic E-state index is -0.847. The van der Waals surface area contributed by atoms with Crippen LogP contribution in [0.5, 0.6) is 0 Å². The van der Waals surface area contributed by atoms with Crippen molar-refractivity contribution in [3.05, 3.63) is 34.3 Å². The fourth-order valence-corrected chi connectivity index (χ4v) is 3.42. The fraction of sp³-hybridized carbons (Fsp3) is 0.438. The third kappa shape index (κ3) is 2.64. The molecule has 0 spiro atoms. The average molecular weight is 330 g/mol. The molecule has 2 aromatic rings. The topological polar surface area (TPSA) is 102 Å². The summed E-state index contributed by atoms with van der Waals surface area (Å²) in [6.07, 6.45) is 1.59. The summed E-state index contributed by atoms with van der Waals surface area (Å²) in [7, 11) is 0. The molecule has 2 aliphatic heterocycles. The van der Waals surface area contributed by atoms with E-state index in [4.69, 9.17) is 14.6 Å². The van der Waals surface area contributed by atoms with Crippen LogP contribution in [0, 0.1) is 0 Å². The number of likely N-dealkylation sites (tertiary alicyclic amines) is 1. The molecule has 8 nitrogen and oxygen atoms in total. The summed E-state index contributed by atoms with van der Waals surface area (Å²) >= 11 is 0. The molecule has 2 aliphatic rings. The van der Waals surface area contributed by atoms with Crippen LogP contribution in [-0.4, -0.2) is 57.5 Å². The van der Waals surface area contributed by atoms with Crippen LogP contribution < -0.4 is 5.76 Å². The van der Waals surface area contributed by atoms with E-state index in [1.165, 1.54) is 4.90 Å². The molecule has 0 unspecified atom stereocenters. The number of oxazole rings is 1. The SMILES string of the molecule is O=C(O)N1CCC(N2CCC(c3ccc4[nH]c(=O)oc4c3)=N2)CC1. The van der Waals surface area contributed by atoms with Crippen molar-refractivity contribution in [2.24, 2.45) is 5.10 Å². The van der Waals surface area contributed by atoms with Crippen molar-refractivity contribution in [2.45, 2.75) is 25.3 Å². The van der Waals surface area contributed by atoms with E-state index in [-0.39, 0.29) is 6.04 Å². The third-order valence-corrected chi connectivity index (χ3v) is 4.74. The van der Waals surface area contributed by atoms with Crippen LogP contribution in [0.25, 0.3) is 11.1 Å². The van der Waals surface area contributed by atoms with E-state index in [1.54, 1.807) is 0 Å². The minimum absolute atomic E-state index is 0.284. The highest BCUT2D eigenvalue weighted by molar-refractivity contribution is 6.03. The second-order valence-electron chi connectivity index (χ2n) is 6.19. The van der Waals surface area contributed by atoms with Crippen LogP contribution in [0.15, 0.2) is 32.5 Å². The number of nitrogens with zero attached hydrogens (tertiary/aromatic N) is 3. The van der Waals surface area contributed by atoms with Crippen molar-refractivity contribution < 1.29 is 14.3 Å². The molecular formula is C16H18N4O4. The number of piperidine rings is 1. The van der Waals surface area contributed by atoms with Gasteiger partial charge in [-0.05, 0) is 25.0 Å². The Hall–Kier alpha value is -2.77. The number of hydrogen-bond donors (Lipinski definition) is 2. The monoisotopic (exact) mass is 330 g/mol. The zero-order valence-electron chi connectivity index (χ0n) is 13.1. The maximum Gasteiger partial charge on any atom is 0.417 e. The summed E-state index contributed by atoms with van der Waals surface area (Å²) < 4.78 is 5.10. The highest BCUT2D eigenvalue weighted by Crippen LogP contribution is 2.23. The molecule has 4 rings (SSSR count). The summed E-state index contributed by atoms with van der Waals surface area (Å²) in [5.74, 6) is -0.456. The van der Waals surface area contributed by atoms with Crippen LogP contribution in [0.1, 0.15) is 24.8 Å². The van der Waals surface area contributed by atoms with E-state index < -0.39 is 11.8 Å². The first-order chi connectivity index (χ1) is 11.6. The van der Waals surface area contributed by atoms with Gasteiger partial charge in [-0.15, -0.1) is 0 Å². The molecule has 0 radical (unpaired) electrons. The highest BCUT2D eigenvalue weighted by atomic mass is 16.4. The number of fused-ring (bicyclic) bond motifs is 1. The van der Waals surface area contributed by atoms with E-state index in [9.17, 15) is 9.59 Å². The molecule has 3 heterocycles. The van der Waals surface area contributed by atoms with E-state index in [1.807, 2.05) is 18.2 Å². The second kappa shape index (κ2) is 5.70. The summed E-state index contributed by atoms with van der Waals surface area (Å²) in [5, 5.41) is 15.8. The molecule has 2 N–H and O–H groups in total. The van der Waals surface area contributed by atoms with Gasteiger partial charge in [-0.25, -0.2) is 9.59 Å². The summed E-state index contributed by atoms with van der Waals surface area (Å²) in [4.78, 5) is 26.3. The van der Waals surface area contributed by atoms with Gasteiger partial charge in [0.2, 0.25) is 0 Å². The van der Waals surface area contributed by atoms with Crippen LogP contribution in [0.3, 0.4) is 0 Å². The van der Waals surface area contributed by atoms with Crippen LogP contribution >= 0.6 is 0 Å². The third-order valence-electron chi connectivity index (χ3n) is 4.74. The molecule has 0 bridgehead atoms. The predicted octanol–water partition coefficient (Wildman–Crippen LogP) is 1.67. The number of amides is 1. The van der Waals surface area contributed by atoms with Gasteiger partial charge in [-0.1, -0.05) is 6.07 Å². The normalized spacial score (nSPS) is 19.1. The Morgan fingerprint density at radius 1 is 1.29 bits per heavy atom. The molecular weight excluding hydrogens is 312 g/mol. The quantitative estimate of drug-likeness (QED) is 0.872. The Kier molecular flexibility index (Phi) is 3.51. The summed E-state index contributed by atoms with van der Waals surface area (Å²) in [5.41, 5.74) is 3.14. The number of hydrazone groups is 1. The van der Waals surface area contributed by atoms with Crippen molar-refractivity contribution in [1.29, 1.82) is 0 Å². The molecule has 0 atom stereocenters. The molecule has 8 heteroatoms. The number of hydrogen-bond acceptors (Lipinski definition) is 5. The van der Waals surface area contributed by atoms with Gasteiger partial charge in [0.25, 0.3) is 0 Å². The molecule has 126 valence electrons. The number of benzene rings is 1. The Bertz CT molecular complexity index is 860. The lowest BCUT2D eigenvalue weighted by molar-refractivity contribution is 0.101. The van der Waals surface area contributed by atoms with Crippen LogP contribution in [-0.2, 0) is 0 Å². The first kappa shape index (κ1) is 14.8. The lowest BCUT2D eigenvalue weighted by Crippen LogP contribution is -2.44. The van der Waals surface area contributed by atoms with E-state index >= 15 is 0 Å². The maximum atomic E-state index is 11.2. The Morgan fingerprint density at radius 2 is 2.08 bits per heavy atom. The number of rotatable bonds is 2. The molecule has 24 heavy (non-hydrogen) atoms. The van der Waals surface area contributed by atoms with Crippen molar-refractivity contribution in [3.63, 3.8) is 0 Å². The molecule has 0 saturated carbocycles. The number of aromatic nitrogens is 1. The Morgan fingerprint density at radius 3 is 2.83 bits per heavy atom. The van der Waals surface area contributed by atoms with Gasteiger partial charge in [0.05, 0.1) is 17.3 Å². The first-order valence-corrected chi connectivity index (χ1v) is 8.05. The maximum absolute atomic E-state index is 11.2. The second-order valence-corrected chi connectivity index (χ2v) is 6.19. The fourth-order valence-electron chi connectivity index (χ4n) is 3.42. The smallest absolute Gasteiger partial charge is 0.417 e. The van der Waals surface area contributed by atoms with E-state index in [0.29, 0.717) is 24.2 Å². The number of aromatic amines is 1. The lowest BCUT2D eigenvalue weighted by Gasteiger charge is -2.34. The van der Waals surface area contributed by atoms with Crippen LogP contribution in [0.2, 0.25) is 0 Å². The van der Waals surface area contributed by atoms with Crippen molar-refractivity contribution in [2.75, 3.05) is 19.6 Å². The van der Waals surface area contributed by atoms with Crippen molar-refractivity contribution >= 4 is 22.9 Å². The minimum Gasteiger partial charge on any atom is -0.465 e. The van der Waals surface area contributed by atoms with Gasteiger partial charge in [-0.2, -0.15) is 5.10 Å². The van der Waals surface area contributed by atoms with Crippen molar-refractivity contribution in [3.8, 4) is 0 Å². The van der Waals surface area contributed by atoms with Gasteiger partial charge in [-0.3, -0.25) is 9.99 Å². The number of H-pyrrole nitrogens is 1. The lowest BCUT2D eigenvalue weighted by atomic mass is 10.0. The van der Waals surface area contributed by atoms with Gasteiger partial charge in [0, 0.05) is 31.6 Å². The number of carbonyl (C=O) groups is 1. The molecule has 1 saturated heterocycles. The van der Waals surface area contributed by atoms with Gasteiger partial charge in [0.1, 0.15) is 0 Å². The molecule has 1 aromatic heterocycles. The summed E-state index contributed by atoms with van der Waals surface area (Å²) in [6, 6.07) is 5.88. The molecule has 1 aromatic carbocycles. The van der Waals surface area contributed by atoms with Crippen LogP contribution in [0.4, 0.5) is 4.79 Å². The average Bonchev–Trinajstić information content (AvgIpc) is 3.19. The molecule has 0 aliphatic carbocycles. The standard InChI is InChI=1S/C16H18N4O4/c21-15-17-13-2-1-10(9-14(13)24-15)12-5-8-20(18-12)11-3-6-19(7-4-11)16(22)23/h1-2,9,11H,3-8H2,(H,17,21)(H,22,23). The summed E-state index contributed by atoms with van der Waals surface area (Å²) in [6.45, 7) is 1.95. The van der Waals surface area contributed by atoms with E-state index in [2.05, 4.69) is 9.99 Å². The largest absolute Gasteiger partial charge is 0.465 e. The zero-order valence-corrected chi connectivity index (χ0v) is 13.1. The predicted molar refractivity (Wildman–Crippen MR) is 87.3 cm³/mol. The van der Waals surface area contributed by atoms with Gasteiger partial charge < -0.3 is 14.4 Å². The van der Waals surface area contributed by atoms with Gasteiger partial charge >= 0.3 is 11.8 Å². The Balaban J connectivity index is 1.50.